The Bertz CT molecular complexity index is 569. The molecule has 19 heavy (non-hydrogen) atoms. The Balaban J connectivity index is 2.02. The molecule has 1 fully saturated rings. The van der Waals surface area contributed by atoms with Crippen molar-refractivity contribution in [1.29, 1.82) is 0 Å². The molecule has 1 saturated heterocycles. The van der Waals surface area contributed by atoms with Crippen LogP contribution in [-0.2, 0) is 4.74 Å². The van der Waals surface area contributed by atoms with E-state index in [1.807, 2.05) is 24.4 Å². The Morgan fingerprint density at radius 2 is 2.26 bits per heavy atom. The quantitative estimate of drug-likeness (QED) is 0.876. The lowest BCUT2D eigenvalue weighted by atomic mass is 10.1. The summed E-state index contributed by atoms with van der Waals surface area (Å²) in [6.45, 7) is 4.19. The van der Waals surface area contributed by atoms with Gasteiger partial charge in [0.25, 0.3) is 0 Å². The molecule has 5 nitrogen and oxygen atoms in total. The molecule has 1 aromatic carbocycles. The first kappa shape index (κ1) is 12.3. The van der Waals surface area contributed by atoms with Gasteiger partial charge in [-0.15, -0.1) is 0 Å². The maximum atomic E-state index is 5.72. The van der Waals surface area contributed by atoms with E-state index in [4.69, 9.17) is 10.5 Å². The second kappa shape index (κ2) is 5.11. The molecule has 5 heteroatoms. The van der Waals surface area contributed by atoms with E-state index < -0.39 is 0 Å². The minimum Gasteiger partial charge on any atom is -0.373 e. The first-order valence-corrected chi connectivity index (χ1v) is 6.58. The van der Waals surface area contributed by atoms with Gasteiger partial charge in [-0.3, -0.25) is 0 Å². The SMILES string of the molecule is CC1COC(CN)CN1c1cnnc2ccccc12. The minimum atomic E-state index is 0.0862. The van der Waals surface area contributed by atoms with E-state index in [0.717, 1.165) is 23.1 Å². The highest BCUT2D eigenvalue weighted by Crippen LogP contribution is 2.27. The second-order valence-electron chi connectivity index (χ2n) is 4.94. The molecule has 2 atom stereocenters. The van der Waals surface area contributed by atoms with Crippen molar-refractivity contribution >= 4 is 16.6 Å². The molecule has 0 saturated carbocycles. The summed E-state index contributed by atoms with van der Waals surface area (Å²) in [4.78, 5) is 2.32. The molecule has 100 valence electrons. The summed E-state index contributed by atoms with van der Waals surface area (Å²) < 4.78 is 5.70. The van der Waals surface area contributed by atoms with E-state index in [0.29, 0.717) is 19.2 Å². The zero-order chi connectivity index (χ0) is 13.2. The summed E-state index contributed by atoms with van der Waals surface area (Å²) >= 11 is 0. The van der Waals surface area contributed by atoms with Crippen molar-refractivity contribution < 1.29 is 4.74 Å². The van der Waals surface area contributed by atoms with Crippen molar-refractivity contribution in [2.75, 3.05) is 24.6 Å². The molecule has 3 rings (SSSR count). The molecule has 1 aliphatic heterocycles. The summed E-state index contributed by atoms with van der Waals surface area (Å²) in [5.41, 5.74) is 7.75. The third-order valence-electron chi connectivity index (χ3n) is 3.60. The van der Waals surface area contributed by atoms with E-state index in [2.05, 4.69) is 28.1 Å². The van der Waals surface area contributed by atoms with Crippen LogP contribution < -0.4 is 10.6 Å². The topological polar surface area (TPSA) is 64.3 Å². The van der Waals surface area contributed by atoms with Gasteiger partial charge in [0, 0.05) is 24.5 Å². The van der Waals surface area contributed by atoms with Crippen molar-refractivity contribution in [2.45, 2.75) is 19.1 Å². The van der Waals surface area contributed by atoms with Crippen LogP contribution in [0.3, 0.4) is 0 Å². The maximum Gasteiger partial charge on any atom is 0.0950 e. The number of nitrogens with two attached hydrogens (primary N) is 1. The predicted octanol–water partition coefficient (Wildman–Crippen LogP) is 1.18. The second-order valence-corrected chi connectivity index (χ2v) is 4.94. The largest absolute Gasteiger partial charge is 0.373 e. The minimum absolute atomic E-state index is 0.0862. The standard InChI is InChI=1S/C14H18N4O/c1-10-9-19-11(6-15)8-18(10)14-7-16-17-13-5-3-2-4-12(13)14/h2-5,7,10-11H,6,8-9,15H2,1H3. The molecule has 1 aliphatic rings. The molecule has 0 amide bonds. The Kier molecular flexibility index (Phi) is 3.31. The number of ether oxygens (including phenoxy) is 1. The predicted molar refractivity (Wildman–Crippen MR) is 75.1 cm³/mol. The number of fused-ring (bicyclic) bond motifs is 1. The fourth-order valence-electron chi connectivity index (χ4n) is 2.52. The molecular formula is C14H18N4O. The monoisotopic (exact) mass is 258 g/mol. The Morgan fingerprint density at radius 3 is 3.11 bits per heavy atom. The molecule has 0 aliphatic carbocycles. The Hall–Kier alpha value is -1.72. The van der Waals surface area contributed by atoms with Gasteiger partial charge in [-0.25, -0.2) is 0 Å². The normalized spacial score (nSPS) is 23.8. The van der Waals surface area contributed by atoms with Gasteiger partial charge in [0.15, 0.2) is 0 Å². The first-order valence-electron chi connectivity index (χ1n) is 6.58. The number of morpholine rings is 1. The van der Waals surface area contributed by atoms with E-state index in [9.17, 15) is 0 Å². The molecule has 0 spiro atoms. The number of nitrogens with zero attached hydrogens (tertiary/aromatic N) is 3. The summed E-state index contributed by atoms with van der Waals surface area (Å²) in [7, 11) is 0. The fourth-order valence-corrected chi connectivity index (χ4v) is 2.52. The summed E-state index contributed by atoms with van der Waals surface area (Å²) in [6, 6.07) is 8.39. The van der Waals surface area contributed by atoms with Crippen molar-refractivity contribution in [3.8, 4) is 0 Å². The first-order chi connectivity index (χ1) is 9.29. The summed E-state index contributed by atoms with van der Waals surface area (Å²) in [6.07, 6.45) is 1.92. The van der Waals surface area contributed by atoms with Crippen molar-refractivity contribution in [3.63, 3.8) is 0 Å². The van der Waals surface area contributed by atoms with Crippen LogP contribution in [0.5, 0.6) is 0 Å². The molecule has 2 aromatic rings. The van der Waals surface area contributed by atoms with Gasteiger partial charge >= 0.3 is 0 Å². The van der Waals surface area contributed by atoms with Crippen LogP contribution in [0.2, 0.25) is 0 Å². The Morgan fingerprint density at radius 1 is 1.42 bits per heavy atom. The van der Waals surface area contributed by atoms with E-state index in [1.54, 1.807) is 0 Å². The van der Waals surface area contributed by atoms with Crippen LogP contribution in [0.1, 0.15) is 6.92 Å². The molecular weight excluding hydrogens is 240 g/mol. The number of anilines is 1. The third-order valence-corrected chi connectivity index (χ3v) is 3.60. The van der Waals surface area contributed by atoms with Crippen LogP contribution >= 0.6 is 0 Å². The van der Waals surface area contributed by atoms with Crippen molar-refractivity contribution in [1.82, 2.24) is 10.2 Å². The third kappa shape index (κ3) is 2.27. The molecule has 2 heterocycles. The van der Waals surface area contributed by atoms with E-state index in [-0.39, 0.29) is 6.10 Å². The molecule has 0 radical (unpaired) electrons. The number of benzene rings is 1. The highest BCUT2D eigenvalue weighted by molar-refractivity contribution is 5.90. The lowest BCUT2D eigenvalue weighted by Crippen LogP contribution is -2.50. The van der Waals surface area contributed by atoms with Crippen molar-refractivity contribution in [2.24, 2.45) is 5.73 Å². The summed E-state index contributed by atoms with van der Waals surface area (Å²) in [5, 5.41) is 9.40. The van der Waals surface area contributed by atoms with Gasteiger partial charge in [-0.2, -0.15) is 10.2 Å². The van der Waals surface area contributed by atoms with Gasteiger partial charge in [-0.1, -0.05) is 18.2 Å². The van der Waals surface area contributed by atoms with Gasteiger partial charge in [0.05, 0.1) is 30.1 Å². The molecule has 2 N–H and O–H groups in total. The number of hydrogen-bond donors (Lipinski definition) is 1. The van der Waals surface area contributed by atoms with Gasteiger partial charge in [0.2, 0.25) is 0 Å². The smallest absolute Gasteiger partial charge is 0.0950 e. The van der Waals surface area contributed by atoms with E-state index in [1.165, 1.54) is 0 Å². The van der Waals surface area contributed by atoms with Crippen LogP contribution in [0.25, 0.3) is 10.9 Å². The molecule has 0 bridgehead atoms. The highest BCUT2D eigenvalue weighted by Gasteiger charge is 2.26. The number of hydrogen-bond acceptors (Lipinski definition) is 5. The van der Waals surface area contributed by atoms with Gasteiger partial charge in [-0.05, 0) is 13.0 Å². The number of rotatable bonds is 2. The lowest BCUT2D eigenvalue weighted by molar-refractivity contribution is 0.0284. The fraction of sp³-hybridized carbons (Fsp3) is 0.429. The maximum absolute atomic E-state index is 5.72. The van der Waals surface area contributed by atoms with Crippen LogP contribution in [0.15, 0.2) is 30.5 Å². The van der Waals surface area contributed by atoms with Crippen LogP contribution in [0, 0.1) is 0 Å². The molecule has 1 aromatic heterocycles. The van der Waals surface area contributed by atoms with Crippen LogP contribution in [0.4, 0.5) is 5.69 Å². The van der Waals surface area contributed by atoms with Gasteiger partial charge in [0.1, 0.15) is 0 Å². The molecule has 2 unspecified atom stereocenters. The number of aromatic nitrogens is 2. The average molecular weight is 258 g/mol. The summed E-state index contributed by atoms with van der Waals surface area (Å²) in [5.74, 6) is 0. The lowest BCUT2D eigenvalue weighted by Gasteiger charge is -2.39. The average Bonchev–Trinajstić information content (AvgIpc) is 2.47. The zero-order valence-electron chi connectivity index (χ0n) is 11.0. The van der Waals surface area contributed by atoms with Crippen molar-refractivity contribution in [3.05, 3.63) is 30.5 Å². The Labute approximate surface area is 112 Å². The van der Waals surface area contributed by atoms with E-state index >= 15 is 0 Å². The van der Waals surface area contributed by atoms with Crippen LogP contribution in [-0.4, -0.2) is 42.0 Å². The zero-order valence-corrected chi connectivity index (χ0v) is 11.0. The highest BCUT2D eigenvalue weighted by atomic mass is 16.5. The van der Waals surface area contributed by atoms with Gasteiger partial charge < -0.3 is 15.4 Å².